The summed E-state index contributed by atoms with van der Waals surface area (Å²) in [5.41, 5.74) is 3.38. The third-order valence-electron chi connectivity index (χ3n) is 3.82. The Bertz CT molecular complexity index is 809. The number of pyridine rings is 1. The van der Waals surface area contributed by atoms with Gasteiger partial charge in [-0.3, -0.25) is 9.89 Å². The first-order valence-corrected chi connectivity index (χ1v) is 7.95. The van der Waals surface area contributed by atoms with E-state index in [1.165, 1.54) is 0 Å². The molecule has 1 amide bonds. The molecule has 5 nitrogen and oxygen atoms in total. The molecule has 0 radical (unpaired) electrons. The van der Waals surface area contributed by atoms with Crippen LogP contribution in [0.4, 0.5) is 0 Å². The van der Waals surface area contributed by atoms with Crippen LogP contribution in [0.2, 0.25) is 0 Å². The van der Waals surface area contributed by atoms with Gasteiger partial charge in [0, 0.05) is 29.3 Å². The summed E-state index contributed by atoms with van der Waals surface area (Å²) in [4.78, 5) is 16.6. The Morgan fingerprint density at radius 2 is 2.09 bits per heavy atom. The SMILES string of the molecule is CCCCCNC(=O)c1cccc(-c2cnc3[nH]ncc3c2)c1. The molecule has 0 atom stereocenters. The number of benzene rings is 1. The predicted molar refractivity (Wildman–Crippen MR) is 91.2 cm³/mol. The van der Waals surface area contributed by atoms with E-state index >= 15 is 0 Å². The van der Waals surface area contributed by atoms with Crippen molar-refractivity contribution >= 4 is 16.9 Å². The molecule has 2 aromatic heterocycles. The van der Waals surface area contributed by atoms with Crippen LogP contribution in [0.1, 0.15) is 36.5 Å². The largest absolute Gasteiger partial charge is 0.352 e. The lowest BCUT2D eigenvalue weighted by molar-refractivity contribution is 0.0953. The molecule has 0 aliphatic carbocycles. The molecule has 3 aromatic rings. The minimum Gasteiger partial charge on any atom is -0.352 e. The molecule has 0 spiro atoms. The van der Waals surface area contributed by atoms with Gasteiger partial charge in [0.1, 0.15) is 0 Å². The fourth-order valence-electron chi connectivity index (χ4n) is 2.51. The molecule has 3 rings (SSSR count). The average Bonchev–Trinajstić information content (AvgIpc) is 3.06. The van der Waals surface area contributed by atoms with Gasteiger partial charge in [-0.25, -0.2) is 4.98 Å². The highest BCUT2D eigenvalue weighted by Gasteiger charge is 2.08. The van der Waals surface area contributed by atoms with E-state index in [1.807, 2.05) is 30.3 Å². The minimum atomic E-state index is -0.0275. The Labute approximate surface area is 135 Å². The van der Waals surface area contributed by atoms with Crippen molar-refractivity contribution in [1.82, 2.24) is 20.5 Å². The van der Waals surface area contributed by atoms with Crippen molar-refractivity contribution in [1.29, 1.82) is 0 Å². The average molecular weight is 308 g/mol. The summed E-state index contributed by atoms with van der Waals surface area (Å²) in [7, 11) is 0. The van der Waals surface area contributed by atoms with Crippen LogP contribution in [0.25, 0.3) is 22.2 Å². The van der Waals surface area contributed by atoms with Crippen molar-refractivity contribution in [3.8, 4) is 11.1 Å². The van der Waals surface area contributed by atoms with E-state index in [0.717, 1.165) is 48.0 Å². The highest BCUT2D eigenvalue weighted by Crippen LogP contribution is 2.22. The van der Waals surface area contributed by atoms with Crippen LogP contribution in [0, 0.1) is 0 Å². The van der Waals surface area contributed by atoms with Gasteiger partial charge in [-0.15, -0.1) is 0 Å². The number of unbranched alkanes of at least 4 members (excludes halogenated alkanes) is 2. The zero-order valence-electron chi connectivity index (χ0n) is 13.2. The molecule has 1 aromatic carbocycles. The summed E-state index contributed by atoms with van der Waals surface area (Å²) in [6.07, 6.45) is 6.84. The first kappa shape index (κ1) is 15.2. The highest BCUT2D eigenvalue weighted by molar-refractivity contribution is 5.95. The molecule has 0 saturated heterocycles. The van der Waals surface area contributed by atoms with Crippen molar-refractivity contribution in [2.45, 2.75) is 26.2 Å². The number of nitrogens with zero attached hydrogens (tertiary/aromatic N) is 2. The molecule has 0 unspecified atom stereocenters. The van der Waals surface area contributed by atoms with Gasteiger partial charge in [-0.2, -0.15) is 5.10 Å². The van der Waals surface area contributed by atoms with Gasteiger partial charge in [0.05, 0.1) is 6.20 Å². The van der Waals surface area contributed by atoms with E-state index in [2.05, 4.69) is 27.4 Å². The molecule has 118 valence electrons. The van der Waals surface area contributed by atoms with Gasteiger partial charge in [0.15, 0.2) is 5.65 Å². The number of nitrogens with one attached hydrogen (secondary N) is 2. The number of hydrogen-bond donors (Lipinski definition) is 2. The van der Waals surface area contributed by atoms with Crippen molar-refractivity contribution in [3.05, 3.63) is 48.3 Å². The Morgan fingerprint density at radius 3 is 2.96 bits per heavy atom. The Balaban J connectivity index is 1.77. The maximum atomic E-state index is 12.2. The molecule has 0 aliphatic heterocycles. The van der Waals surface area contributed by atoms with Crippen molar-refractivity contribution in [3.63, 3.8) is 0 Å². The molecule has 5 heteroatoms. The summed E-state index contributed by atoms with van der Waals surface area (Å²) < 4.78 is 0. The highest BCUT2D eigenvalue weighted by atomic mass is 16.1. The number of hydrogen-bond acceptors (Lipinski definition) is 3. The molecule has 0 saturated carbocycles. The maximum Gasteiger partial charge on any atom is 0.251 e. The first-order chi connectivity index (χ1) is 11.3. The zero-order valence-corrected chi connectivity index (χ0v) is 13.2. The summed E-state index contributed by atoms with van der Waals surface area (Å²) in [5, 5.41) is 10.7. The first-order valence-electron chi connectivity index (χ1n) is 7.95. The molecule has 0 fully saturated rings. The molecular formula is C18H20N4O. The molecule has 23 heavy (non-hydrogen) atoms. The lowest BCUT2D eigenvalue weighted by atomic mass is 10.0. The van der Waals surface area contributed by atoms with E-state index in [9.17, 15) is 4.79 Å². The van der Waals surface area contributed by atoms with Crippen LogP contribution in [0.5, 0.6) is 0 Å². The van der Waals surface area contributed by atoms with Crippen LogP contribution in [0.15, 0.2) is 42.7 Å². The number of carbonyl (C=O) groups is 1. The van der Waals surface area contributed by atoms with E-state index in [4.69, 9.17) is 0 Å². The third kappa shape index (κ3) is 3.56. The van der Waals surface area contributed by atoms with Crippen molar-refractivity contribution < 1.29 is 4.79 Å². The lowest BCUT2D eigenvalue weighted by Crippen LogP contribution is -2.24. The van der Waals surface area contributed by atoms with E-state index in [0.29, 0.717) is 5.56 Å². The number of amides is 1. The number of aromatic nitrogens is 3. The Morgan fingerprint density at radius 1 is 1.17 bits per heavy atom. The van der Waals surface area contributed by atoms with E-state index < -0.39 is 0 Å². The topological polar surface area (TPSA) is 70.7 Å². The van der Waals surface area contributed by atoms with Crippen molar-refractivity contribution in [2.75, 3.05) is 6.54 Å². The summed E-state index contributed by atoms with van der Waals surface area (Å²) in [6.45, 7) is 2.87. The van der Waals surface area contributed by atoms with Gasteiger partial charge in [0.2, 0.25) is 0 Å². The Hall–Kier alpha value is -2.69. The quantitative estimate of drug-likeness (QED) is 0.684. The smallest absolute Gasteiger partial charge is 0.251 e. The Kier molecular flexibility index (Phi) is 4.66. The molecule has 2 heterocycles. The number of H-pyrrole nitrogens is 1. The third-order valence-corrected chi connectivity index (χ3v) is 3.82. The molecule has 2 N–H and O–H groups in total. The second-order valence-corrected chi connectivity index (χ2v) is 5.58. The summed E-state index contributed by atoms with van der Waals surface area (Å²) in [6, 6.07) is 9.64. The second kappa shape index (κ2) is 7.05. The van der Waals surface area contributed by atoms with Crippen LogP contribution < -0.4 is 5.32 Å². The monoisotopic (exact) mass is 308 g/mol. The normalized spacial score (nSPS) is 10.8. The van der Waals surface area contributed by atoms with E-state index in [1.54, 1.807) is 12.4 Å². The number of rotatable bonds is 6. The number of fused-ring (bicyclic) bond motifs is 1. The van der Waals surface area contributed by atoms with Crippen LogP contribution in [0.3, 0.4) is 0 Å². The van der Waals surface area contributed by atoms with Crippen LogP contribution >= 0.6 is 0 Å². The van der Waals surface area contributed by atoms with Gasteiger partial charge < -0.3 is 5.32 Å². The summed E-state index contributed by atoms with van der Waals surface area (Å²) >= 11 is 0. The van der Waals surface area contributed by atoms with Crippen LogP contribution in [-0.4, -0.2) is 27.6 Å². The van der Waals surface area contributed by atoms with Gasteiger partial charge in [-0.05, 0) is 30.2 Å². The van der Waals surface area contributed by atoms with Gasteiger partial charge >= 0.3 is 0 Å². The van der Waals surface area contributed by atoms with E-state index in [-0.39, 0.29) is 5.91 Å². The van der Waals surface area contributed by atoms with Gasteiger partial charge in [-0.1, -0.05) is 31.9 Å². The second-order valence-electron chi connectivity index (χ2n) is 5.58. The number of carbonyl (C=O) groups excluding carboxylic acids is 1. The fraction of sp³-hybridized carbons (Fsp3) is 0.278. The van der Waals surface area contributed by atoms with Crippen LogP contribution in [-0.2, 0) is 0 Å². The molecule has 0 aliphatic rings. The lowest BCUT2D eigenvalue weighted by Gasteiger charge is -2.07. The predicted octanol–water partition coefficient (Wildman–Crippen LogP) is 3.54. The summed E-state index contributed by atoms with van der Waals surface area (Å²) in [5.74, 6) is -0.0275. The van der Waals surface area contributed by atoms with Gasteiger partial charge in [0.25, 0.3) is 5.91 Å². The standard InChI is InChI=1S/C18H20N4O/c1-2-3-4-8-19-18(23)14-7-5-6-13(9-14)15-10-16-12-21-22-17(16)20-11-15/h5-7,9-12H,2-4,8H2,1H3,(H,19,23)(H,20,21,22). The van der Waals surface area contributed by atoms with Crippen molar-refractivity contribution in [2.24, 2.45) is 0 Å². The molecular weight excluding hydrogens is 288 g/mol. The minimum absolute atomic E-state index is 0.0275. The molecule has 0 bridgehead atoms. The fourth-order valence-corrected chi connectivity index (χ4v) is 2.51. The maximum absolute atomic E-state index is 12.2. The number of aromatic amines is 1. The zero-order chi connectivity index (χ0) is 16.1.